The van der Waals surface area contributed by atoms with Crippen molar-refractivity contribution in [2.24, 2.45) is 5.73 Å². The lowest BCUT2D eigenvalue weighted by molar-refractivity contribution is 1.30. The molecular formula is C17H20N2S. The summed E-state index contributed by atoms with van der Waals surface area (Å²) in [5.74, 6) is 0. The largest absolute Gasteiger partial charge is 0.389 e. The number of anilines is 2. The minimum Gasteiger partial charge on any atom is -0.389 e. The second-order valence-corrected chi connectivity index (χ2v) is 5.75. The van der Waals surface area contributed by atoms with E-state index in [2.05, 4.69) is 44.3 Å². The van der Waals surface area contributed by atoms with Gasteiger partial charge in [-0.05, 0) is 51.0 Å². The molecule has 0 aliphatic heterocycles. The number of hydrogen-bond acceptors (Lipinski definition) is 2. The molecule has 2 nitrogen and oxygen atoms in total. The Kier molecular flexibility index (Phi) is 4.09. The van der Waals surface area contributed by atoms with E-state index in [4.69, 9.17) is 18.0 Å². The molecule has 0 bridgehead atoms. The molecule has 2 aromatic carbocycles. The molecule has 3 N–H and O–H groups in total. The zero-order valence-corrected chi connectivity index (χ0v) is 13.2. The first kappa shape index (κ1) is 14.5. The summed E-state index contributed by atoms with van der Waals surface area (Å²) >= 11 is 5.15. The van der Waals surface area contributed by atoms with Crippen molar-refractivity contribution in [3.63, 3.8) is 0 Å². The molecule has 0 atom stereocenters. The van der Waals surface area contributed by atoms with Crippen LogP contribution in [0.15, 0.2) is 30.3 Å². The van der Waals surface area contributed by atoms with Gasteiger partial charge < -0.3 is 11.1 Å². The van der Waals surface area contributed by atoms with Crippen molar-refractivity contribution in [2.75, 3.05) is 5.32 Å². The van der Waals surface area contributed by atoms with Crippen molar-refractivity contribution in [3.05, 3.63) is 58.1 Å². The van der Waals surface area contributed by atoms with Crippen molar-refractivity contribution in [3.8, 4) is 0 Å². The summed E-state index contributed by atoms with van der Waals surface area (Å²) in [4.78, 5) is 0.415. The number of thiocarbonyl (C=S) groups is 1. The number of rotatable bonds is 3. The number of benzene rings is 2. The average Bonchev–Trinajstić information content (AvgIpc) is 2.34. The SMILES string of the molecule is Cc1cc(C)c(Nc2ccc(C)cc2C(N)=S)c(C)c1. The molecule has 0 amide bonds. The Morgan fingerprint density at radius 3 is 2.10 bits per heavy atom. The summed E-state index contributed by atoms with van der Waals surface area (Å²) in [6.07, 6.45) is 0. The second kappa shape index (κ2) is 5.63. The van der Waals surface area contributed by atoms with Gasteiger partial charge in [-0.1, -0.05) is 41.5 Å². The Morgan fingerprint density at radius 2 is 1.55 bits per heavy atom. The number of aryl methyl sites for hydroxylation is 4. The topological polar surface area (TPSA) is 38.0 Å². The van der Waals surface area contributed by atoms with E-state index < -0.39 is 0 Å². The summed E-state index contributed by atoms with van der Waals surface area (Å²) < 4.78 is 0. The van der Waals surface area contributed by atoms with Crippen molar-refractivity contribution in [2.45, 2.75) is 27.7 Å². The molecule has 3 heteroatoms. The molecule has 0 radical (unpaired) electrons. The van der Waals surface area contributed by atoms with Gasteiger partial charge in [-0.3, -0.25) is 0 Å². The van der Waals surface area contributed by atoms with Crippen molar-refractivity contribution in [1.82, 2.24) is 0 Å². The molecule has 0 aliphatic carbocycles. The van der Waals surface area contributed by atoms with Crippen LogP contribution >= 0.6 is 12.2 Å². The standard InChI is InChI=1S/C17H20N2S/c1-10-5-6-15(14(9-10)17(18)20)19-16-12(3)7-11(2)8-13(16)4/h5-9,19H,1-4H3,(H2,18,20). The number of nitrogens with one attached hydrogen (secondary N) is 1. The third kappa shape index (κ3) is 2.99. The molecule has 0 saturated heterocycles. The van der Waals surface area contributed by atoms with E-state index in [1.54, 1.807) is 0 Å². The summed E-state index contributed by atoms with van der Waals surface area (Å²) in [6.45, 7) is 8.36. The highest BCUT2D eigenvalue weighted by atomic mass is 32.1. The molecule has 104 valence electrons. The van der Waals surface area contributed by atoms with Gasteiger partial charge in [-0.25, -0.2) is 0 Å². The Labute approximate surface area is 126 Å². The minimum atomic E-state index is 0.415. The molecule has 2 aromatic rings. The first-order chi connectivity index (χ1) is 9.38. The van der Waals surface area contributed by atoms with Crippen LogP contribution in [0.25, 0.3) is 0 Å². The van der Waals surface area contributed by atoms with Crippen molar-refractivity contribution < 1.29 is 0 Å². The van der Waals surface area contributed by atoms with Crippen LogP contribution in [0.2, 0.25) is 0 Å². The van der Waals surface area contributed by atoms with Gasteiger partial charge >= 0.3 is 0 Å². The van der Waals surface area contributed by atoms with E-state index in [9.17, 15) is 0 Å². The smallest absolute Gasteiger partial charge is 0.106 e. The molecule has 0 fully saturated rings. The highest BCUT2D eigenvalue weighted by molar-refractivity contribution is 7.80. The lowest BCUT2D eigenvalue weighted by Gasteiger charge is -2.17. The zero-order valence-electron chi connectivity index (χ0n) is 12.4. The van der Waals surface area contributed by atoms with Crippen LogP contribution < -0.4 is 11.1 Å². The summed E-state index contributed by atoms with van der Waals surface area (Å²) in [5.41, 5.74) is 13.7. The van der Waals surface area contributed by atoms with E-state index in [1.807, 2.05) is 19.1 Å². The van der Waals surface area contributed by atoms with Crippen LogP contribution in [0.5, 0.6) is 0 Å². The lowest BCUT2D eigenvalue weighted by atomic mass is 10.0. The third-order valence-corrected chi connectivity index (χ3v) is 3.60. The molecule has 0 aliphatic rings. The van der Waals surface area contributed by atoms with Gasteiger partial charge in [0.05, 0.1) is 0 Å². The molecule has 0 unspecified atom stereocenters. The minimum absolute atomic E-state index is 0.415. The highest BCUT2D eigenvalue weighted by Crippen LogP contribution is 2.28. The van der Waals surface area contributed by atoms with Crippen LogP contribution in [0.4, 0.5) is 11.4 Å². The molecule has 0 spiro atoms. The maximum absolute atomic E-state index is 5.83. The molecular weight excluding hydrogens is 264 g/mol. The van der Waals surface area contributed by atoms with E-state index in [0.29, 0.717) is 4.99 Å². The van der Waals surface area contributed by atoms with E-state index in [-0.39, 0.29) is 0 Å². The quantitative estimate of drug-likeness (QED) is 0.825. The van der Waals surface area contributed by atoms with Gasteiger partial charge in [0, 0.05) is 16.9 Å². The van der Waals surface area contributed by atoms with E-state index >= 15 is 0 Å². The lowest BCUT2D eigenvalue weighted by Crippen LogP contribution is -2.12. The Bertz CT molecular complexity index is 652. The predicted molar refractivity (Wildman–Crippen MR) is 91.0 cm³/mol. The summed E-state index contributed by atoms with van der Waals surface area (Å²) in [5, 5.41) is 3.48. The first-order valence-electron chi connectivity index (χ1n) is 6.64. The summed E-state index contributed by atoms with van der Waals surface area (Å²) in [7, 11) is 0. The Morgan fingerprint density at radius 1 is 0.950 bits per heavy atom. The third-order valence-electron chi connectivity index (χ3n) is 3.38. The predicted octanol–water partition coefficient (Wildman–Crippen LogP) is 4.30. The van der Waals surface area contributed by atoms with Crippen LogP contribution in [0.1, 0.15) is 27.8 Å². The fourth-order valence-electron chi connectivity index (χ4n) is 2.48. The normalized spacial score (nSPS) is 10.4. The van der Waals surface area contributed by atoms with E-state index in [0.717, 1.165) is 22.5 Å². The van der Waals surface area contributed by atoms with E-state index in [1.165, 1.54) is 16.7 Å². The average molecular weight is 284 g/mol. The van der Waals surface area contributed by atoms with Crippen LogP contribution in [-0.4, -0.2) is 4.99 Å². The second-order valence-electron chi connectivity index (χ2n) is 5.31. The van der Waals surface area contributed by atoms with Crippen LogP contribution in [0.3, 0.4) is 0 Å². The summed E-state index contributed by atoms with van der Waals surface area (Å²) in [6, 6.07) is 10.4. The fraction of sp³-hybridized carbons (Fsp3) is 0.235. The molecule has 0 heterocycles. The monoisotopic (exact) mass is 284 g/mol. The zero-order chi connectivity index (χ0) is 14.9. The van der Waals surface area contributed by atoms with Gasteiger partial charge in [0.2, 0.25) is 0 Å². The van der Waals surface area contributed by atoms with Gasteiger partial charge in [0.15, 0.2) is 0 Å². The number of nitrogens with two attached hydrogens (primary N) is 1. The molecule has 0 saturated carbocycles. The van der Waals surface area contributed by atoms with Crippen LogP contribution in [-0.2, 0) is 0 Å². The fourth-order valence-corrected chi connectivity index (χ4v) is 2.65. The molecule has 2 rings (SSSR count). The number of hydrogen-bond donors (Lipinski definition) is 2. The maximum atomic E-state index is 5.83. The van der Waals surface area contributed by atoms with Crippen LogP contribution in [0, 0.1) is 27.7 Å². The molecule has 0 aromatic heterocycles. The maximum Gasteiger partial charge on any atom is 0.106 e. The van der Waals surface area contributed by atoms with Gasteiger partial charge in [-0.15, -0.1) is 0 Å². The van der Waals surface area contributed by atoms with Gasteiger partial charge in [0.25, 0.3) is 0 Å². The van der Waals surface area contributed by atoms with Crippen molar-refractivity contribution >= 4 is 28.6 Å². The van der Waals surface area contributed by atoms with Gasteiger partial charge in [-0.2, -0.15) is 0 Å². The highest BCUT2D eigenvalue weighted by Gasteiger charge is 2.09. The Hall–Kier alpha value is -1.87. The van der Waals surface area contributed by atoms with Crippen molar-refractivity contribution in [1.29, 1.82) is 0 Å². The Balaban J connectivity index is 2.48. The molecule has 20 heavy (non-hydrogen) atoms. The first-order valence-corrected chi connectivity index (χ1v) is 7.04. The van der Waals surface area contributed by atoms with Gasteiger partial charge in [0.1, 0.15) is 4.99 Å².